The number of nitrogens with zero attached hydrogens (tertiary/aromatic N) is 1. The monoisotopic (exact) mass is 303 g/mol. The fraction of sp³-hybridized carbons (Fsp3) is 0.364. The van der Waals surface area contributed by atoms with Gasteiger partial charge in [-0.25, -0.2) is 4.21 Å². The van der Waals surface area contributed by atoms with Gasteiger partial charge in [-0.3, -0.25) is 0 Å². The quantitative estimate of drug-likeness (QED) is 0.854. The van der Waals surface area contributed by atoms with E-state index in [9.17, 15) is 9.32 Å². The standard InChI is InChI=1S/C11H14BrNO2S/c1-11(2,3)16(15)13-7-8-9(12)5-4-6-10(8)14/h4-7,14H,1-3H3. The maximum atomic E-state index is 11.7. The molecule has 0 spiro atoms. The molecule has 0 saturated carbocycles. The number of hydrogen-bond donors (Lipinski definition) is 1. The summed E-state index contributed by atoms with van der Waals surface area (Å²) in [5.74, 6) is 0.115. The first-order valence-electron chi connectivity index (χ1n) is 4.76. The zero-order valence-corrected chi connectivity index (χ0v) is 11.8. The predicted octanol–water partition coefficient (Wildman–Crippen LogP) is 3.04. The van der Waals surface area contributed by atoms with E-state index in [1.165, 1.54) is 6.21 Å². The summed E-state index contributed by atoms with van der Waals surface area (Å²) in [6.07, 6.45) is 1.43. The number of phenols is 1. The van der Waals surface area contributed by atoms with Crippen molar-refractivity contribution < 1.29 is 9.32 Å². The Morgan fingerprint density at radius 3 is 2.56 bits per heavy atom. The Morgan fingerprint density at radius 2 is 2.06 bits per heavy atom. The summed E-state index contributed by atoms with van der Waals surface area (Å²) in [7, 11) is -1.32. The van der Waals surface area contributed by atoms with Crippen molar-refractivity contribution in [2.45, 2.75) is 25.5 Å². The molecule has 0 aliphatic heterocycles. The molecule has 0 aliphatic rings. The molecule has 3 nitrogen and oxygen atoms in total. The van der Waals surface area contributed by atoms with Crippen molar-refractivity contribution in [1.82, 2.24) is 0 Å². The number of benzene rings is 1. The van der Waals surface area contributed by atoms with Gasteiger partial charge in [0.1, 0.15) is 16.7 Å². The molecule has 1 N–H and O–H groups in total. The molecule has 16 heavy (non-hydrogen) atoms. The molecule has 88 valence electrons. The summed E-state index contributed by atoms with van der Waals surface area (Å²) < 4.78 is 16.0. The highest BCUT2D eigenvalue weighted by atomic mass is 79.9. The van der Waals surface area contributed by atoms with Crippen molar-refractivity contribution in [2.24, 2.45) is 4.40 Å². The van der Waals surface area contributed by atoms with E-state index in [0.29, 0.717) is 5.56 Å². The summed E-state index contributed by atoms with van der Waals surface area (Å²) >= 11 is 3.30. The predicted molar refractivity (Wildman–Crippen MR) is 71.3 cm³/mol. The average Bonchev–Trinajstić information content (AvgIpc) is 2.15. The van der Waals surface area contributed by atoms with Crippen molar-refractivity contribution in [1.29, 1.82) is 0 Å². The first-order chi connectivity index (χ1) is 7.32. The lowest BCUT2D eigenvalue weighted by atomic mass is 10.2. The molecule has 1 unspecified atom stereocenters. The molecule has 0 saturated heterocycles. The fourth-order valence-corrected chi connectivity index (χ4v) is 1.89. The number of phenolic OH excluding ortho intramolecular Hbond substituents is 1. The van der Waals surface area contributed by atoms with Gasteiger partial charge in [0, 0.05) is 16.3 Å². The minimum absolute atomic E-state index is 0.115. The molecule has 0 aliphatic carbocycles. The van der Waals surface area contributed by atoms with Crippen LogP contribution in [0.4, 0.5) is 0 Å². The van der Waals surface area contributed by atoms with Crippen molar-refractivity contribution in [3.8, 4) is 5.75 Å². The van der Waals surface area contributed by atoms with E-state index in [2.05, 4.69) is 20.3 Å². The second-order valence-electron chi connectivity index (χ2n) is 4.27. The van der Waals surface area contributed by atoms with Crippen LogP contribution < -0.4 is 0 Å². The van der Waals surface area contributed by atoms with Crippen LogP contribution in [0.25, 0.3) is 0 Å². The maximum Gasteiger partial charge on any atom is 0.144 e. The molecular formula is C11H14BrNO2S. The SMILES string of the molecule is CC(C)(C)S(=O)N=Cc1c(O)cccc1Br. The minimum Gasteiger partial charge on any atom is -0.507 e. The molecular weight excluding hydrogens is 290 g/mol. The van der Waals surface area contributed by atoms with Crippen LogP contribution in [-0.4, -0.2) is 20.3 Å². The molecule has 0 bridgehead atoms. The molecule has 1 atom stereocenters. The van der Waals surface area contributed by atoms with Crippen molar-refractivity contribution >= 4 is 33.1 Å². The van der Waals surface area contributed by atoms with Gasteiger partial charge in [-0.15, -0.1) is 0 Å². The van der Waals surface area contributed by atoms with E-state index >= 15 is 0 Å². The summed E-state index contributed by atoms with van der Waals surface area (Å²) in [5.41, 5.74) is 0.542. The third-order valence-corrected chi connectivity index (χ3v) is 3.87. The average molecular weight is 304 g/mol. The molecule has 5 heteroatoms. The fourth-order valence-electron chi connectivity index (χ4n) is 0.912. The van der Waals surface area contributed by atoms with Gasteiger partial charge in [0.25, 0.3) is 0 Å². The Kier molecular flexibility index (Phi) is 4.27. The summed E-state index contributed by atoms with van der Waals surface area (Å²) in [5, 5.41) is 9.59. The zero-order chi connectivity index (χ0) is 12.3. The normalized spacial score (nSPS) is 14.2. The van der Waals surface area contributed by atoms with Crippen LogP contribution >= 0.6 is 15.9 Å². The van der Waals surface area contributed by atoms with E-state index in [4.69, 9.17) is 0 Å². The van der Waals surface area contributed by atoms with Gasteiger partial charge in [-0.05, 0) is 48.8 Å². The molecule has 1 rings (SSSR count). The maximum absolute atomic E-state index is 11.7. The molecule has 0 aromatic heterocycles. The summed E-state index contributed by atoms with van der Waals surface area (Å²) in [6, 6.07) is 5.07. The number of hydrogen-bond acceptors (Lipinski definition) is 2. The molecule has 0 heterocycles. The van der Waals surface area contributed by atoms with Gasteiger partial charge in [-0.2, -0.15) is 4.40 Å². The molecule has 0 radical (unpaired) electrons. The molecule has 1 aromatic rings. The smallest absolute Gasteiger partial charge is 0.144 e. The molecule has 0 fully saturated rings. The van der Waals surface area contributed by atoms with Gasteiger partial charge in [0.05, 0.1) is 4.75 Å². The highest BCUT2D eigenvalue weighted by Crippen LogP contribution is 2.24. The lowest BCUT2D eigenvalue weighted by Crippen LogP contribution is -2.19. The van der Waals surface area contributed by atoms with E-state index in [1.807, 2.05) is 20.8 Å². The largest absolute Gasteiger partial charge is 0.507 e. The van der Waals surface area contributed by atoms with Crippen LogP contribution in [0.1, 0.15) is 26.3 Å². The Bertz CT molecular complexity index is 418. The molecule has 1 aromatic carbocycles. The Balaban J connectivity index is 2.98. The van der Waals surface area contributed by atoms with E-state index in [-0.39, 0.29) is 5.75 Å². The first kappa shape index (κ1) is 13.4. The minimum atomic E-state index is -1.32. The van der Waals surface area contributed by atoms with Gasteiger partial charge < -0.3 is 5.11 Å². The summed E-state index contributed by atoms with van der Waals surface area (Å²) in [6.45, 7) is 5.54. The topological polar surface area (TPSA) is 49.7 Å². The van der Waals surface area contributed by atoms with Crippen molar-refractivity contribution in [3.05, 3.63) is 28.2 Å². The number of rotatable bonds is 2. The molecule has 0 amide bonds. The second-order valence-corrected chi connectivity index (χ2v) is 7.06. The number of halogens is 1. The van der Waals surface area contributed by atoms with Crippen molar-refractivity contribution in [3.63, 3.8) is 0 Å². The van der Waals surface area contributed by atoms with Gasteiger partial charge in [-0.1, -0.05) is 6.07 Å². The van der Waals surface area contributed by atoms with Crippen LogP contribution in [0, 0.1) is 0 Å². The van der Waals surface area contributed by atoms with Crippen LogP contribution in [0.2, 0.25) is 0 Å². The van der Waals surface area contributed by atoms with Gasteiger partial charge in [0.2, 0.25) is 0 Å². The van der Waals surface area contributed by atoms with E-state index in [0.717, 1.165) is 4.47 Å². The third-order valence-electron chi connectivity index (χ3n) is 1.83. The second kappa shape index (κ2) is 5.10. The highest BCUT2D eigenvalue weighted by Gasteiger charge is 2.18. The number of aromatic hydroxyl groups is 1. The van der Waals surface area contributed by atoms with E-state index < -0.39 is 15.7 Å². The van der Waals surface area contributed by atoms with Crippen LogP contribution in [-0.2, 0) is 11.0 Å². The van der Waals surface area contributed by atoms with Gasteiger partial charge in [0.15, 0.2) is 0 Å². The van der Waals surface area contributed by atoms with E-state index in [1.54, 1.807) is 18.2 Å². The van der Waals surface area contributed by atoms with Gasteiger partial charge >= 0.3 is 0 Å². The third kappa shape index (κ3) is 3.42. The zero-order valence-electron chi connectivity index (χ0n) is 9.40. The summed E-state index contributed by atoms with van der Waals surface area (Å²) in [4.78, 5) is 0. The van der Waals surface area contributed by atoms with Crippen LogP contribution in [0.5, 0.6) is 5.75 Å². The Hall–Kier alpha value is -0.680. The highest BCUT2D eigenvalue weighted by molar-refractivity contribution is 9.10. The first-order valence-corrected chi connectivity index (χ1v) is 6.66. The Morgan fingerprint density at radius 1 is 1.44 bits per heavy atom. The van der Waals surface area contributed by atoms with Crippen molar-refractivity contribution in [2.75, 3.05) is 0 Å². The lowest BCUT2D eigenvalue weighted by Gasteiger charge is -2.12. The Labute approximate surface area is 106 Å². The lowest BCUT2D eigenvalue weighted by molar-refractivity contribution is 0.474. The van der Waals surface area contributed by atoms with Crippen LogP contribution in [0.15, 0.2) is 27.1 Å². The van der Waals surface area contributed by atoms with Crippen LogP contribution in [0.3, 0.4) is 0 Å².